The number of esters is 1. The first-order valence-corrected chi connectivity index (χ1v) is 26.9. The van der Waals surface area contributed by atoms with Crippen LogP contribution in [0.2, 0.25) is 10.1 Å². The third-order valence-electron chi connectivity index (χ3n) is 14.4. The van der Waals surface area contributed by atoms with Gasteiger partial charge >= 0.3 is 5.97 Å². The molecule has 0 bridgehead atoms. The van der Waals surface area contributed by atoms with Crippen LogP contribution in [0.3, 0.4) is 0 Å². The van der Waals surface area contributed by atoms with Crippen molar-refractivity contribution in [2.45, 2.75) is 140 Å². The Morgan fingerprint density at radius 3 is 1.49 bits per heavy atom. The maximum Gasteiger partial charge on any atom is 0.311 e. The highest BCUT2D eigenvalue weighted by Crippen LogP contribution is 2.55. The molecule has 7 rings (SSSR count). The zero-order valence-electron chi connectivity index (χ0n) is 38.2. The molecular weight excluding hydrogens is 825 g/mol. The predicted molar refractivity (Wildman–Crippen MR) is 253 cm³/mol. The molecule has 340 valence electrons. The Balaban J connectivity index is 1.29. The molecule has 0 saturated carbocycles. The van der Waals surface area contributed by atoms with Crippen LogP contribution < -0.4 is 20.7 Å². The fourth-order valence-electron chi connectivity index (χ4n) is 11.0. The first-order chi connectivity index (χ1) is 29.9. The van der Waals surface area contributed by atoms with Crippen LogP contribution in [0.15, 0.2) is 121 Å². The van der Waals surface area contributed by atoms with Gasteiger partial charge in [-0.1, -0.05) is 149 Å². The van der Waals surface area contributed by atoms with E-state index in [4.69, 9.17) is 18.9 Å². The van der Waals surface area contributed by atoms with E-state index in [1.807, 2.05) is 142 Å². The fourth-order valence-corrected chi connectivity index (χ4v) is 18.6. The standard InChI is InChI=1S/C52H70O9Si2/c1-50(2,3)49(55)58-31-30-37-28-29-44-46(59-37)43(34-52(6,7)63(57,40-24-16-10-17-25-40)41-26-18-11-19-27-41)48-47(60-44)42(45(61-48)32-36(54)35-53)33-51(4,5)62(56,38-20-12-8-13-21-38)39-22-14-9-15-23-39/h8-27,36-37,42-48,53-54,56-57H,28-35H2,1-7H3/t36-,37?,42?,43?,44?,45?,46-,47+,48?/m1/s1. The van der Waals surface area contributed by atoms with Crippen molar-refractivity contribution in [3.63, 3.8) is 0 Å². The Bertz CT molecular complexity index is 2000. The maximum absolute atomic E-state index is 13.4. The zero-order chi connectivity index (χ0) is 45.2. The second-order valence-corrected chi connectivity index (χ2v) is 28.6. The number of ether oxygens (including phenoxy) is 4. The minimum Gasteiger partial charge on any atom is -0.465 e. The predicted octanol–water partition coefficient (Wildman–Crippen LogP) is 5.87. The van der Waals surface area contributed by atoms with Crippen molar-refractivity contribution in [2.24, 2.45) is 17.3 Å². The largest absolute Gasteiger partial charge is 0.465 e. The van der Waals surface area contributed by atoms with E-state index in [2.05, 4.69) is 27.7 Å². The molecule has 0 aromatic heterocycles. The smallest absolute Gasteiger partial charge is 0.311 e. The van der Waals surface area contributed by atoms with Crippen LogP contribution in [-0.4, -0.2) is 98.4 Å². The van der Waals surface area contributed by atoms with E-state index in [0.717, 1.165) is 33.6 Å². The topological polar surface area (TPSA) is 135 Å². The molecule has 3 heterocycles. The lowest BCUT2D eigenvalue weighted by Crippen LogP contribution is -2.67. The van der Waals surface area contributed by atoms with E-state index in [-0.39, 0.29) is 49.1 Å². The third-order valence-corrected chi connectivity index (χ3v) is 23.4. The Morgan fingerprint density at radius 1 is 0.635 bits per heavy atom. The van der Waals surface area contributed by atoms with Gasteiger partial charge in [0.1, 0.15) is 0 Å². The normalized spacial score (nSPS) is 26.1. The molecule has 0 aliphatic carbocycles. The number of rotatable bonds is 16. The van der Waals surface area contributed by atoms with Crippen LogP contribution >= 0.6 is 0 Å². The van der Waals surface area contributed by atoms with Gasteiger partial charge < -0.3 is 38.8 Å². The number of aliphatic hydroxyl groups is 2. The van der Waals surface area contributed by atoms with Gasteiger partial charge in [-0.3, -0.25) is 4.79 Å². The highest BCUT2D eigenvalue weighted by molar-refractivity contribution is 6.99. The number of carbonyl (C=O) groups excluding carboxylic acids is 1. The summed E-state index contributed by atoms with van der Waals surface area (Å²) in [6.45, 7) is 14.1. The van der Waals surface area contributed by atoms with Crippen molar-refractivity contribution in [1.82, 2.24) is 0 Å². The van der Waals surface area contributed by atoms with Crippen molar-refractivity contribution in [3.8, 4) is 0 Å². The Kier molecular flexibility index (Phi) is 14.4. The summed E-state index contributed by atoms with van der Waals surface area (Å²) in [6, 6.07) is 40.1. The Morgan fingerprint density at radius 2 is 1.06 bits per heavy atom. The van der Waals surface area contributed by atoms with Crippen molar-refractivity contribution in [1.29, 1.82) is 0 Å². The minimum absolute atomic E-state index is 0.176. The molecule has 0 spiro atoms. The summed E-state index contributed by atoms with van der Waals surface area (Å²) >= 11 is 0. The molecule has 11 heteroatoms. The molecule has 4 N–H and O–H groups in total. The van der Waals surface area contributed by atoms with Crippen LogP contribution in [0.1, 0.15) is 87.0 Å². The molecule has 3 saturated heterocycles. The van der Waals surface area contributed by atoms with Gasteiger partial charge in [0.15, 0.2) is 0 Å². The number of benzene rings is 4. The SMILES string of the molecule is CC(C)(C)C(=O)OCCC1CCC2O[C@H]3C(CC(C)(C)[Si](O)(c4ccccc4)c4ccccc4)C(C[C@@H](O)CO)OC3C(CC(C)(C)[Si](O)(c3ccccc3)c3ccccc3)[C@H]2O1. The second-order valence-electron chi connectivity index (χ2n) is 20.7. The van der Waals surface area contributed by atoms with Crippen molar-refractivity contribution in [3.05, 3.63) is 121 Å². The van der Waals surface area contributed by atoms with Crippen molar-refractivity contribution < 1.29 is 43.5 Å². The van der Waals surface area contributed by atoms with E-state index in [9.17, 15) is 24.6 Å². The molecular formula is C52H70O9Si2. The van der Waals surface area contributed by atoms with Gasteiger partial charge in [-0.15, -0.1) is 0 Å². The first-order valence-electron chi connectivity index (χ1n) is 23.0. The average molecular weight is 895 g/mol. The number of aliphatic hydroxyl groups excluding tert-OH is 2. The van der Waals surface area contributed by atoms with Crippen molar-refractivity contribution in [2.75, 3.05) is 13.2 Å². The third kappa shape index (κ3) is 9.60. The van der Waals surface area contributed by atoms with Gasteiger partial charge in [-0.05, 0) is 77.3 Å². The van der Waals surface area contributed by atoms with Gasteiger partial charge in [-0.2, -0.15) is 0 Å². The number of hydrogen-bond donors (Lipinski definition) is 4. The lowest BCUT2D eigenvalue weighted by atomic mass is 9.74. The molecule has 9 atom stereocenters. The van der Waals surface area contributed by atoms with Crippen LogP contribution in [0, 0.1) is 17.3 Å². The van der Waals surface area contributed by atoms with E-state index in [1.165, 1.54) is 0 Å². The molecule has 9 nitrogen and oxygen atoms in total. The summed E-state index contributed by atoms with van der Waals surface area (Å²) in [4.78, 5) is 39.5. The van der Waals surface area contributed by atoms with Crippen LogP contribution in [0.4, 0.5) is 0 Å². The maximum atomic E-state index is 13.4. The molecule has 0 radical (unpaired) electrons. The minimum atomic E-state index is -3.50. The van der Waals surface area contributed by atoms with Crippen molar-refractivity contribution >= 4 is 43.4 Å². The summed E-state index contributed by atoms with van der Waals surface area (Å²) in [5.74, 6) is -0.737. The number of carbonyl (C=O) groups is 1. The molecule has 3 fully saturated rings. The summed E-state index contributed by atoms with van der Waals surface area (Å²) in [5, 5.41) is 23.7. The van der Waals surface area contributed by atoms with Crippen LogP contribution in [0.25, 0.3) is 0 Å². The zero-order valence-corrected chi connectivity index (χ0v) is 40.2. The summed E-state index contributed by atoms with van der Waals surface area (Å²) in [6.07, 6.45) is 0.0504. The van der Waals surface area contributed by atoms with E-state index in [0.29, 0.717) is 19.3 Å². The van der Waals surface area contributed by atoms with E-state index >= 15 is 0 Å². The molecule has 3 aliphatic rings. The lowest BCUT2D eigenvalue weighted by molar-refractivity contribution is -0.244. The first kappa shape index (κ1) is 47.5. The van der Waals surface area contributed by atoms with Crippen LogP contribution in [0.5, 0.6) is 0 Å². The highest BCUT2D eigenvalue weighted by Gasteiger charge is 2.62. The Hall–Kier alpha value is -3.50. The lowest BCUT2D eigenvalue weighted by Gasteiger charge is -2.52. The molecule has 6 unspecified atom stereocenters. The van der Waals surface area contributed by atoms with Gasteiger partial charge in [-0.25, -0.2) is 0 Å². The number of fused-ring (bicyclic) bond motifs is 2. The number of hydrogen-bond acceptors (Lipinski definition) is 9. The van der Waals surface area contributed by atoms with Gasteiger partial charge in [0.05, 0.1) is 61.4 Å². The van der Waals surface area contributed by atoms with Gasteiger partial charge in [0, 0.05) is 24.7 Å². The van der Waals surface area contributed by atoms with E-state index in [1.54, 1.807) is 0 Å². The highest BCUT2D eigenvalue weighted by atomic mass is 28.4. The monoisotopic (exact) mass is 894 g/mol. The molecule has 3 aliphatic heterocycles. The summed E-state index contributed by atoms with van der Waals surface area (Å²) in [7, 11) is -6.97. The van der Waals surface area contributed by atoms with Gasteiger partial charge in [0.2, 0.25) is 0 Å². The van der Waals surface area contributed by atoms with Crippen LogP contribution in [-0.2, 0) is 23.7 Å². The molecule has 0 amide bonds. The molecule has 4 aromatic rings. The summed E-state index contributed by atoms with van der Waals surface area (Å²) < 4.78 is 27.4. The van der Waals surface area contributed by atoms with Gasteiger partial charge in [0.25, 0.3) is 16.6 Å². The quantitative estimate of drug-likeness (QED) is 0.0806. The summed E-state index contributed by atoms with van der Waals surface area (Å²) in [5.41, 5.74) is -0.606. The molecule has 63 heavy (non-hydrogen) atoms. The fraction of sp³-hybridized carbons (Fsp3) is 0.519. The average Bonchev–Trinajstić information content (AvgIpc) is 3.61. The second kappa shape index (κ2) is 19.2. The Labute approximate surface area is 377 Å². The molecule has 4 aromatic carbocycles. The van der Waals surface area contributed by atoms with E-state index < -0.39 is 63.1 Å².